The second kappa shape index (κ2) is 4.91. The van der Waals surface area contributed by atoms with Gasteiger partial charge in [-0.2, -0.15) is 0 Å². The summed E-state index contributed by atoms with van der Waals surface area (Å²) >= 11 is 0. The molecule has 0 saturated heterocycles. The molecule has 0 aromatic heterocycles. The van der Waals surface area contributed by atoms with Crippen molar-refractivity contribution < 1.29 is 23.1 Å². The largest absolute Gasteiger partial charge is 0.480 e. The summed E-state index contributed by atoms with van der Waals surface area (Å²) in [7, 11) is -2.22. The quantitative estimate of drug-likeness (QED) is 0.685. The van der Waals surface area contributed by atoms with Gasteiger partial charge in [0.05, 0.1) is 6.61 Å². The molecule has 1 atom stereocenters. The summed E-state index contributed by atoms with van der Waals surface area (Å²) in [6.45, 7) is 3.43. The molecule has 0 heterocycles. The molecule has 1 rings (SSSR count). The molecule has 0 aliphatic heterocycles. The first-order valence-corrected chi connectivity index (χ1v) is 6.98. The number of carboxylic acid groups (broad SMARTS) is 1. The van der Waals surface area contributed by atoms with Gasteiger partial charge in [-0.15, -0.1) is 0 Å². The number of ether oxygens (including phenoxy) is 1. The number of sulfonamides is 1. The average molecular weight is 265 g/mol. The third-order valence-electron chi connectivity index (χ3n) is 3.00. The van der Waals surface area contributed by atoms with Crippen LogP contribution in [0.3, 0.4) is 0 Å². The van der Waals surface area contributed by atoms with Gasteiger partial charge in [0.15, 0.2) is 0 Å². The summed E-state index contributed by atoms with van der Waals surface area (Å²) < 4.78 is 30.4. The lowest BCUT2D eigenvalue weighted by Gasteiger charge is -2.22. The van der Waals surface area contributed by atoms with Gasteiger partial charge < -0.3 is 9.84 Å². The highest BCUT2D eigenvalue weighted by atomic mass is 32.2. The molecule has 0 aromatic rings. The first-order chi connectivity index (χ1) is 7.76. The van der Waals surface area contributed by atoms with Crippen LogP contribution >= 0.6 is 0 Å². The van der Waals surface area contributed by atoms with Crippen molar-refractivity contribution in [3.63, 3.8) is 0 Å². The van der Waals surface area contributed by atoms with E-state index in [9.17, 15) is 13.2 Å². The Labute approximate surface area is 101 Å². The number of nitrogens with one attached hydrogen (secondary N) is 1. The summed E-state index contributed by atoms with van der Waals surface area (Å²) in [6, 6.07) is -1.09. The third-order valence-corrected chi connectivity index (χ3v) is 5.23. The molecule has 1 aliphatic rings. The number of rotatable bonds is 7. The van der Waals surface area contributed by atoms with Gasteiger partial charge in [-0.1, -0.05) is 13.8 Å². The fourth-order valence-corrected chi connectivity index (χ4v) is 3.53. The minimum absolute atomic E-state index is 0.104. The number of hydrogen-bond donors (Lipinski definition) is 2. The van der Waals surface area contributed by atoms with Crippen molar-refractivity contribution in [1.82, 2.24) is 4.72 Å². The predicted molar refractivity (Wildman–Crippen MR) is 62.2 cm³/mol. The van der Waals surface area contributed by atoms with Crippen LogP contribution in [0.1, 0.15) is 26.7 Å². The van der Waals surface area contributed by atoms with Crippen LogP contribution in [-0.4, -0.2) is 44.0 Å². The van der Waals surface area contributed by atoms with Gasteiger partial charge in [0.2, 0.25) is 10.0 Å². The van der Waals surface area contributed by atoms with Crippen molar-refractivity contribution in [3.8, 4) is 0 Å². The Morgan fingerprint density at radius 2 is 2.00 bits per heavy atom. The highest BCUT2D eigenvalue weighted by Crippen LogP contribution is 2.43. The minimum Gasteiger partial charge on any atom is -0.480 e. The van der Waals surface area contributed by atoms with E-state index >= 15 is 0 Å². The Hall–Kier alpha value is -0.660. The van der Waals surface area contributed by atoms with Crippen LogP contribution in [0.4, 0.5) is 0 Å². The number of methoxy groups -OCH3 is 1. The lowest BCUT2D eigenvalue weighted by Crippen LogP contribution is -2.49. The Bertz CT molecular complexity index is 386. The number of hydrogen-bond acceptors (Lipinski definition) is 4. The van der Waals surface area contributed by atoms with E-state index in [-0.39, 0.29) is 12.5 Å². The zero-order valence-electron chi connectivity index (χ0n) is 10.3. The van der Waals surface area contributed by atoms with Crippen LogP contribution in [-0.2, 0) is 19.6 Å². The molecule has 0 aromatic carbocycles. The maximum Gasteiger partial charge on any atom is 0.321 e. The fraction of sp³-hybridized carbons (Fsp3) is 0.900. The Kier molecular flexibility index (Phi) is 4.16. The van der Waals surface area contributed by atoms with Crippen LogP contribution < -0.4 is 4.72 Å². The zero-order chi connectivity index (χ0) is 13.3. The summed E-state index contributed by atoms with van der Waals surface area (Å²) in [5.41, 5.74) is 0. The maximum absolute atomic E-state index is 12.1. The van der Waals surface area contributed by atoms with E-state index in [2.05, 4.69) is 4.72 Å². The van der Waals surface area contributed by atoms with Gasteiger partial charge in [-0.3, -0.25) is 4.79 Å². The van der Waals surface area contributed by atoms with E-state index in [0.717, 1.165) is 0 Å². The average Bonchev–Trinajstić information content (AvgIpc) is 2.95. The van der Waals surface area contributed by atoms with E-state index in [4.69, 9.17) is 9.84 Å². The van der Waals surface area contributed by atoms with Crippen molar-refractivity contribution in [2.45, 2.75) is 37.5 Å². The molecule has 100 valence electrons. The zero-order valence-corrected chi connectivity index (χ0v) is 11.1. The van der Waals surface area contributed by atoms with Crippen LogP contribution in [0.15, 0.2) is 0 Å². The maximum atomic E-state index is 12.1. The lowest BCUT2D eigenvalue weighted by atomic mass is 10.1. The number of carboxylic acids is 1. The molecule has 7 heteroatoms. The highest BCUT2D eigenvalue weighted by molar-refractivity contribution is 7.91. The third kappa shape index (κ3) is 2.97. The summed E-state index contributed by atoms with van der Waals surface area (Å²) in [5.74, 6) is -1.46. The number of carbonyl (C=O) groups is 1. The van der Waals surface area contributed by atoms with Gasteiger partial charge in [-0.05, 0) is 18.8 Å². The summed E-state index contributed by atoms with van der Waals surface area (Å²) in [4.78, 5) is 11.0. The number of aliphatic carboxylic acids is 1. The fourth-order valence-electron chi connectivity index (χ4n) is 1.66. The molecule has 0 radical (unpaired) electrons. The predicted octanol–water partition coefficient (Wildman–Crippen LogP) is 0.194. The first kappa shape index (κ1) is 14.4. The molecule has 0 spiro atoms. The molecular weight excluding hydrogens is 246 g/mol. The molecular formula is C10H19NO5S. The molecule has 6 nitrogen and oxygen atoms in total. The smallest absolute Gasteiger partial charge is 0.321 e. The van der Waals surface area contributed by atoms with E-state index in [0.29, 0.717) is 12.8 Å². The van der Waals surface area contributed by atoms with Crippen LogP contribution in [0.5, 0.6) is 0 Å². The van der Waals surface area contributed by atoms with E-state index in [1.54, 1.807) is 13.8 Å². The molecule has 17 heavy (non-hydrogen) atoms. The van der Waals surface area contributed by atoms with E-state index in [1.165, 1.54) is 7.11 Å². The van der Waals surface area contributed by atoms with Crippen molar-refractivity contribution in [2.75, 3.05) is 13.7 Å². The molecule has 0 bridgehead atoms. The Morgan fingerprint density at radius 3 is 2.29 bits per heavy atom. The van der Waals surface area contributed by atoms with Gasteiger partial charge in [0.1, 0.15) is 10.8 Å². The molecule has 0 amide bonds. The van der Waals surface area contributed by atoms with Gasteiger partial charge in [0.25, 0.3) is 0 Å². The summed E-state index contributed by atoms with van der Waals surface area (Å²) in [5, 5.41) is 8.96. The lowest BCUT2D eigenvalue weighted by molar-refractivity contribution is -0.140. The van der Waals surface area contributed by atoms with E-state index in [1.807, 2.05) is 0 Å². The van der Waals surface area contributed by atoms with Crippen LogP contribution in [0, 0.1) is 5.92 Å². The molecule has 1 saturated carbocycles. The van der Waals surface area contributed by atoms with Gasteiger partial charge in [-0.25, -0.2) is 13.1 Å². The second-order valence-corrected chi connectivity index (χ2v) is 6.91. The monoisotopic (exact) mass is 265 g/mol. The SMILES string of the molecule is COCC1(S(=O)(=O)N[C@@H](C(=O)O)C(C)C)CC1. The standard InChI is InChI=1S/C10H19NO5S/c1-7(2)8(9(12)13)11-17(14,15)10(4-5-10)6-16-3/h7-8,11H,4-6H2,1-3H3,(H,12,13)/t8-/m1/s1. The van der Waals surface area contributed by atoms with Crippen LogP contribution in [0.2, 0.25) is 0 Å². The molecule has 0 unspecified atom stereocenters. The Morgan fingerprint density at radius 1 is 1.47 bits per heavy atom. The molecule has 1 aliphatic carbocycles. The van der Waals surface area contributed by atoms with E-state index < -0.39 is 26.8 Å². The van der Waals surface area contributed by atoms with Gasteiger partial charge in [0, 0.05) is 7.11 Å². The molecule has 2 N–H and O–H groups in total. The van der Waals surface area contributed by atoms with Crippen molar-refractivity contribution >= 4 is 16.0 Å². The second-order valence-electron chi connectivity index (χ2n) is 4.80. The highest BCUT2D eigenvalue weighted by Gasteiger charge is 2.55. The van der Waals surface area contributed by atoms with Crippen LogP contribution in [0.25, 0.3) is 0 Å². The minimum atomic E-state index is -3.66. The summed E-state index contributed by atoms with van der Waals surface area (Å²) in [6.07, 6.45) is 1.03. The topological polar surface area (TPSA) is 92.7 Å². The van der Waals surface area contributed by atoms with Crippen molar-refractivity contribution in [2.24, 2.45) is 5.92 Å². The van der Waals surface area contributed by atoms with Crippen molar-refractivity contribution in [3.05, 3.63) is 0 Å². The Balaban J connectivity index is 2.82. The van der Waals surface area contributed by atoms with Crippen molar-refractivity contribution in [1.29, 1.82) is 0 Å². The van der Waals surface area contributed by atoms with Gasteiger partial charge >= 0.3 is 5.97 Å². The molecule has 1 fully saturated rings. The normalized spacial score (nSPS) is 20.2. The first-order valence-electron chi connectivity index (χ1n) is 5.49.